The van der Waals surface area contributed by atoms with Gasteiger partial charge in [-0.25, -0.2) is 0 Å². The van der Waals surface area contributed by atoms with Gasteiger partial charge >= 0.3 is 5.97 Å². The van der Waals surface area contributed by atoms with Crippen molar-refractivity contribution in [2.75, 3.05) is 20.3 Å². The molecule has 1 fully saturated rings. The van der Waals surface area contributed by atoms with Crippen LogP contribution in [0.4, 0.5) is 0 Å². The topological polar surface area (TPSA) is 55.8 Å². The first-order chi connectivity index (χ1) is 5.74. The largest absolute Gasteiger partial charge is 0.481 e. The van der Waals surface area contributed by atoms with Crippen molar-refractivity contribution >= 4 is 5.97 Å². The maximum atomic E-state index is 10.6. The number of rotatable bonds is 2. The fraction of sp³-hybridized carbons (Fsp3) is 0.875. The lowest BCUT2D eigenvalue weighted by Gasteiger charge is -2.13. The minimum Gasteiger partial charge on any atom is -0.481 e. The summed E-state index contributed by atoms with van der Waals surface area (Å²) in [6.07, 6.45) is 1.39. The smallest absolute Gasteiger partial charge is 0.308 e. The van der Waals surface area contributed by atoms with Crippen molar-refractivity contribution in [1.29, 1.82) is 0 Å². The fourth-order valence-corrected chi connectivity index (χ4v) is 1.33. The van der Waals surface area contributed by atoms with Gasteiger partial charge in [-0.3, -0.25) is 4.79 Å². The van der Waals surface area contributed by atoms with Gasteiger partial charge in [0.05, 0.1) is 18.6 Å². The monoisotopic (exact) mass is 174 g/mol. The van der Waals surface area contributed by atoms with Gasteiger partial charge in [0.15, 0.2) is 0 Å². The molecule has 0 aliphatic carbocycles. The molecule has 1 rings (SSSR count). The fourth-order valence-electron chi connectivity index (χ4n) is 1.33. The SMILES string of the molecule is CO[C@H]1CCOC[C@H](C(=O)O)C1. The molecule has 1 N–H and O–H groups in total. The van der Waals surface area contributed by atoms with Crippen molar-refractivity contribution in [2.24, 2.45) is 5.92 Å². The standard InChI is InChI=1S/C8H14O4/c1-11-7-2-3-12-5-6(4-7)8(9)10/h6-7H,2-5H2,1H3,(H,9,10)/t6-,7+/m1/s1. The Balaban J connectivity index is 2.47. The van der Waals surface area contributed by atoms with E-state index in [4.69, 9.17) is 14.6 Å². The van der Waals surface area contributed by atoms with Gasteiger partial charge in [0.25, 0.3) is 0 Å². The molecule has 1 saturated heterocycles. The van der Waals surface area contributed by atoms with Crippen molar-refractivity contribution in [1.82, 2.24) is 0 Å². The number of hydrogen-bond donors (Lipinski definition) is 1. The molecule has 4 heteroatoms. The van der Waals surface area contributed by atoms with E-state index in [9.17, 15) is 4.79 Å². The lowest BCUT2D eigenvalue weighted by atomic mass is 10.0. The summed E-state index contributed by atoms with van der Waals surface area (Å²) >= 11 is 0. The number of methoxy groups -OCH3 is 1. The van der Waals surface area contributed by atoms with Crippen LogP contribution in [-0.4, -0.2) is 37.5 Å². The highest BCUT2D eigenvalue weighted by atomic mass is 16.5. The van der Waals surface area contributed by atoms with Crippen molar-refractivity contribution in [3.05, 3.63) is 0 Å². The molecule has 1 aliphatic rings. The van der Waals surface area contributed by atoms with Gasteiger partial charge in [0, 0.05) is 13.7 Å². The third-order valence-corrected chi connectivity index (χ3v) is 2.13. The highest BCUT2D eigenvalue weighted by Gasteiger charge is 2.25. The van der Waals surface area contributed by atoms with E-state index in [0.717, 1.165) is 6.42 Å². The van der Waals surface area contributed by atoms with Crippen LogP contribution in [0.2, 0.25) is 0 Å². The van der Waals surface area contributed by atoms with Crippen LogP contribution in [0.1, 0.15) is 12.8 Å². The molecule has 2 atom stereocenters. The van der Waals surface area contributed by atoms with Crippen LogP contribution >= 0.6 is 0 Å². The second-order valence-electron chi connectivity index (χ2n) is 2.99. The average Bonchev–Trinajstić information content (AvgIpc) is 2.28. The Labute approximate surface area is 71.5 Å². The first-order valence-corrected chi connectivity index (χ1v) is 4.07. The highest BCUT2D eigenvalue weighted by molar-refractivity contribution is 5.70. The molecule has 0 saturated carbocycles. The van der Waals surface area contributed by atoms with Gasteiger partial charge in [-0.15, -0.1) is 0 Å². The van der Waals surface area contributed by atoms with Crippen LogP contribution in [-0.2, 0) is 14.3 Å². The van der Waals surface area contributed by atoms with E-state index < -0.39 is 11.9 Å². The van der Waals surface area contributed by atoms with Crippen LogP contribution in [0.3, 0.4) is 0 Å². The molecule has 0 aromatic carbocycles. The van der Waals surface area contributed by atoms with E-state index >= 15 is 0 Å². The zero-order valence-electron chi connectivity index (χ0n) is 7.16. The molecule has 12 heavy (non-hydrogen) atoms. The van der Waals surface area contributed by atoms with Crippen molar-refractivity contribution in [3.8, 4) is 0 Å². The molecule has 1 aliphatic heterocycles. The summed E-state index contributed by atoms with van der Waals surface area (Å²) in [6, 6.07) is 0. The van der Waals surface area contributed by atoms with Gasteiger partial charge in [-0.2, -0.15) is 0 Å². The van der Waals surface area contributed by atoms with Crippen molar-refractivity contribution in [2.45, 2.75) is 18.9 Å². The van der Waals surface area contributed by atoms with E-state index in [0.29, 0.717) is 19.6 Å². The van der Waals surface area contributed by atoms with Crippen molar-refractivity contribution < 1.29 is 19.4 Å². The van der Waals surface area contributed by atoms with E-state index in [1.54, 1.807) is 7.11 Å². The molecule has 1 heterocycles. The van der Waals surface area contributed by atoms with Gasteiger partial charge < -0.3 is 14.6 Å². The molecular weight excluding hydrogens is 160 g/mol. The van der Waals surface area contributed by atoms with Crippen LogP contribution in [0, 0.1) is 5.92 Å². The summed E-state index contributed by atoms with van der Waals surface area (Å²) < 4.78 is 10.2. The number of ether oxygens (including phenoxy) is 2. The number of aliphatic carboxylic acids is 1. The van der Waals surface area contributed by atoms with Crippen LogP contribution < -0.4 is 0 Å². The third-order valence-electron chi connectivity index (χ3n) is 2.13. The van der Waals surface area contributed by atoms with Crippen LogP contribution in [0.25, 0.3) is 0 Å². The summed E-state index contributed by atoms with van der Waals surface area (Å²) in [5.41, 5.74) is 0. The van der Waals surface area contributed by atoms with Gasteiger partial charge in [0.1, 0.15) is 0 Å². The molecule has 0 unspecified atom stereocenters. The number of carboxylic acids is 1. The summed E-state index contributed by atoms with van der Waals surface area (Å²) in [5, 5.41) is 8.74. The number of carbonyl (C=O) groups is 1. The Morgan fingerprint density at radius 2 is 2.42 bits per heavy atom. The molecule has 0 bridgehead atoms. The molecule has 0 aromatic rings. The van der Waals surface area contributed by atoms with Gasteiger partial charge in [0.2, 0.25) is 0 Å². The summed E-state index contributed by atoms with van der Waals surface area (Å²) in [7, 11) is 1.61. The van der Waals surface area contributed by atoms with E-state index in [1.807, 2.05) is 0 Å². The molecule has 70 valence electrons. The average molecular weight is 174 g/mol. The Morgan fingerprint density at radius 3 is 3.00 bits per heavy atom. The molecule has 0 amide bonds. The predicted molar refractivity (Wildman–Crippen MR) is 42.0 cm³/mol. The first kappa shape index (κ1) is 9.48. The summed E-state index contributed by atoms with van der Waals surface area (Å²) in [4.78, 5) is 10.6. The maximum absolute atomic E-state index is 10.6. The lowest BCUT2D eigenvalue weighted by molar-refractivity contribution is -0.144. The van der Waals surface area contributed by atoms with Crippen molar-refractivity contribution in [3.63, 3.8) is 0 Å². The third kappa shape index (κ3) is 2.46. The number of carboxylic acid groups (broad SMARTS) is 1. The Bertz CT molecular complexity index is 157. The first-order valence-electron chi connectivity index (χ1n) is 4.07. The predicted octanol–water partition coefficient (Wildman–Crippen LogP) is 0.513. The van der Waals surface area contributed by atoms with Gasteiger partial charge in [-0.1, -0.05) is 0 Å². The zero-order chi connectivity index (χ0) is 8.97. The van der Waals surface area contributed by atoms with E-state index in [1.165, 1.54) is 0 Å². The maximum Gasteiger partial charge on any atom is 0.308 e. The van der Waals surface area contributed by atoms with E-state index in [-0.39, 0.29) is 6.10 Å². The second-order valence-corrected chi connectivity index (χ2v) is 2.99. The van der Waals surface area contributed by atoms with Crippen LogP contribution in [0.15, 0.2) is 0 Å². The minimum absolute atomic E-state index is 0.0357. The Morgan fingerprint density at radius 1 is 1.67 bits per heavy atom. The number of hydrogen-bond acceptors (Lipinski definition) is 3. The quantitative estimate of drug-likeness (QED) is 0.662. The summed E-state index contributed by atoms with van der Waals surface area (Å²) in [6.45, 7) is 0.914. The normalized spacial score (nSPS) is 31.1. The zero-order valence-corrected chi connectivity index (χ0v) is 7.16. The lowest BCUT2D eigenvalue weighted by Crippen LogP contribution is -2.22. The van der Waals surface area contributed by atoms with Crippen LogP contribution in [0.5, 0.6) is 0 Å². The molecule has 0 radical (unpaired) electrons. The highest BCUT2D eigenvalue weighted by Crippen LogP contribution is 2.17. The molecule has 0 spiro atoms. The molecule has 0 aromatic heterocycles. The molecule has 4 nitrogen and oxygen atoms in total. The van der Waals surface area contributed by atoms with E-state index in [2.05, 4.69) is 0 Å². The minimum atomic E-state index is -0.793. The Kier molecular flexibility index (Phi) is 3.49. The summed E-state index contributed by atoms with van der Waals surface area (Å²) in [5.74, 6) is -1.20. The molecular formula is C8H14O4. The van der Waals surface area contributed by atoms with Gasteiger partial charge in [-0.05, 0) is 12.8 Å². The second kappa shape index (κ2) is 4.42. The Hall–Kier alpha value is -0.610.